The minimum absolute atomic E-state index is 0.871. The Balaban J connectivity index is 1.32. The molecule has 0 saturated heterocycles. The molecular formula is C42H26O2. The Morgan fingerprint density at radius 3 is 1.68 bits per heavy atom. The molecule has 2 nitrogen and oxygen atoms in total. The minimum Gasteiger partial charge on any atom is -0.456 e. The van der Waals surface area contributed by atoms with E-state index in [4.69, 9.17) is 8.83 Å². The van der Waals surface area contributed by atoms with Gasteiger partial charge in [0.2, 0.25) is 0 Å². The molecule has 0 fully saturated rings. The van der Waals surface area contributed by atoms with E-state index in [1.165, 1.54) is 27.1 Å². The highest BCUT2D eigenvalue weighted by atomic mass is 16.3. The third kappa shape index (κ3) is 3.55. The molecule has 0 spiro atoms. The van der Waals surface area contributed by atoms with Crippen molar-refractivity contribution < 1.29 is 8.83 Å². The summed E-state index contributed by atoms with van der Waals surface area (Å²) < 4.78 is 12.6. The largest absolute Gasteiger partial charge is 0.456 e. The summed E-state index contributed by atoms with van der Waals surface area (Å²) in [5, 5.41) is 11.5. The normalized spacial score (nSPS) is 12.2. The molecule has 9 aromatic rings. The average Bonchev–Trinajstić information content (AvgIpc) is 3.60. The van der Waals surface area contributed by atoms with Crippen molar-refractivity contribution in [1.29, 1.82) is 0 Å². The first-order valence-electron chi connectivity index (χ1n) is 14.8. The maximum atomic E-state index is 6.43. The Morgan fingerprint density at radius 2 is 1.02 bits per heavy atom. The predicted octanol–water partition coefficient (Wildman–Crippen LogP) is 12.4. The van der Waals surface area contributed by atoms with Crippen molar-refractivity contribution >= 4 is 81.8 Å². The fourth-order valence-electron chi connectivity index (χ4n) is 6.95. The maximum Gasteiger partial charge on any atom is 0.136 e. The van der Waals surface area contributed by atoms with Crippen LogP contribution in [-0.2, 0) is 0 Å². The van der Waals surface area contributed by atoms with Crippen molar-refractivity contribution in [2.45, 2.75) is 0 Å². The molecule has 0 radical (unpaired) electrons. The Hall–Kier alpha value is -5.86. The molecule has 9 rings (SSSR count). The molecule has 0 aliphatic carbocycles. The van der Waals surface area contributed by atoms with Gasteiger partial charge in [0.1, 0.15) is 22.3 Å². The van der Waals surface area contributed by atoms with Gasteiger partial charge in [0.25, 0.3) is 0 Å². The molecular weight excluding hydrogens is 536 g/mol. The Labute approximate surface area is 253 Å². The van der Waals surface area contributed by atoms with Crippen molar-refractivity contribution in [3.63, 3.8) is 0 Å². The van der Waals surface area contributed by atoms with E-state index in [0.29, 0.717) is 0 Å². The van der Waals surface area contributed by atoms with E-state index in [9.17, 15) is 0 Å². The first-order chi connectivity index (χ1) is 21.7. The highest BCUT2D eigenvalue weighted by molar-refractivity contribution is 6.21. The minimum atomic E-state index is 0.871. The molecule has 2 heterocycles. The van der Waals surface area contributed by atoms with Crippen molar-refractivity contribution in [3.05, 3.63) is 152 Å². The number of hydrogen-bond acceptors (Lipinski definition) is 2. The number of rotatable bonds is 4. The molecule has 44 heavy (non-hydrogen) atoms. The van der Waals surface area contributed by atoms with E-state index in [1.54, 1.807) is 6.08 Å². The first kappa shape index (κ1) is 24.7. The van der Waals surface area contributed by atoms with Gasteiger partial charge in [-0.05, 0) is 97.0 Å². The van der Waals surface area contributed by atoms with Crippen LogP contribution in [0.25, 0.3) is 92.9 Å². The summed E-state index contributed by atoms with van der Waals surface area (Å²) in [6.07, 6.45) is 5.77. The fraction of sp³-hybridized carbons (Fsp3) is 0. The van der Waals surface area contributed by atoms with Gasteiger partial charge in [0.15, 0.2) is 0 Å². The van der Waals surface area contributed by atoms with Crippen LogP contribution in [0.15, 0.2) is 155 Å². The lowest BCUT2D eigenvalue weighted by molar-refractivity contribution is 0.668. The second-order valence-corrected chi connectivity index (χ2v) is 11.4. The fourth-order valence-corrected chi connectivity index (χ4v) is 6.95. The molecule has 2 heteroatoms. The maximum absolute atomic E-state index is 6.43. The third-order valence-corrected chi connectivity index (χ3v) is 8.90. The average molecular weight is 563 g/mol. The highest BCUT2D eigenvalue weighted by Gasteiger charge is 2.18. The quantitative estimate of drug-likeness (QED) is 0.157. The predicted molar refractivity (Wildman–Crippen MR) is 187 cm³/mol. The zero-order chi connectivity index (χ0) is 29.4. The van der Waals surface area contributed by atoms with Gasteiger partial charge in [0.05, 0.1) is 0 Å². The number of furan rings is 2. The molecule has 2 aromatic heterocycles. The van der Waals surface area contributed by atoms with Gasteiger partial charge >= 0.3 is 0 Å². The number of para-hydroxylation sites is 1. The lowest BCUT2D eigenvalue weighted by Gasteiger charge is -2.17. The van der Waals surface area contributed by atoms with Crippen LogP contribution in [0.2, 0.25) is 0 Å². The molecule has 206 valence electrons. The van der Waals surface area contributed by atoms with Crippen LogP contribution in [-0.4, -0.2) is 0 Å². The van der Waals surface area contributed by atoms with Gasteiger partial charge < -0.3 is 8.83 Å². The van der Waals surface area contributed by atoms with Gasteiger partial charge in [-0.3, -0.25) is 0 Å². The van der Waals surface area contributed by atoms with Crippen molar-refractivity contribution in [3.8, 4) is 11.1 Å². The summed E-state index contributed by atoms with van der Waals surface area (Å²) >= 11 is 0. The Morgan fingerprint density at radius 1 is 0.500 bits per heavy atom. The van der Waals surface area contributed by atoms with E-state index in [0.717, 1.165) is 71.3 Å². The summed E-state index contributed by atoms with van der Waals surface area (Å²) in [6.45, 7) is 8.28. The van der Waals surface area contributed by atoms with Crippen LogP contribution < -0.4 is 0 Å². The lowest BCUT2D eigenvalue weighted by Crippen LogP contribution is -1.92. The van der Waals surface area contributed by atoms with E-state index in [2.05, 4.69) is 116 Å². The zero-order valence-electron chi connectivity index (χ0n) is 23.9. The second kappa shape index (κ2) is 9.32. The molecule has 0 aliphatic rings. The molecule has 0 aliphatic heterocycles. The summed E-state index contributed by atoms with van der Waals surface area (Å²) in [7, 11) is 0. The Bertz CT molecular complexity index is 2640. The van der Waals surface area contributed by atoms with Crippen molar-refractivity contribution in [2.75, 3.05) is 0 Å². The summed E-state index contributed by atoms with van der Waals surface area (Å²) in [4.78, 5) is 0. The number of hydrogen-bond donors (Lipinski definition) is 0. The van der Waals surface area contributed by atoms with Gasteiger partial charge in [-0.15, -0.1) is 0 Å². The number of allylic oxidation sites excluding steroid dienone is 4. The molecule has 0 N–H and O–H groups in total. The second-order valence-electron chi connectivity index (χ2n) is 11.4. The van der Waals surface area contributed by atoms with E-state index >= 15 is 0 Å². The van der Waals surface area contributed by atoms with Crippen LogP contribution in [0.1, 0.15) is 5.56 Å². The van der Waals surface area contributed by atoms with Gasteiger partial charge in [-0.25, -0.2) is 0 Å². The van der Waals surface area contributed by atoms with Crippen LogP contribution in [0.4, 0.5) is 0 Å². The van der Waals surface area contributed by atoms with Gasteiger partial charge in [-0.1, -0.05) is 104 Å². The Kier molecular flexibility index (Phi) is 5.24. The van der Waals surface area contributed by atoms with E-state index in [1.807, 2.05) is 24.3 Å². The van der Waals surface area contributed by atoms with Crippen LogP contribution in [0.5, 0.6) is 0 Å². The molecule has 0 saturated carbocycles. The third-order valence-electron chi connectivity index (χ3n) is 8.90. The number of benzene rings is 7. The van der Waals surface area contributed by atoms with Crippen LogP contribution in [0.3, 0.4) is 0 Å². The standard InChI is InChI=1S/C42H26O2/c1-3-4-11-25(2)41-30-13-5-7-15-32(30)42(33-16-8-6-14-31(33)41)26-18-19-38-35(20-26)36-22-27-21-34-29-12-9-10-17-37(29)43-39(34)23-28(27)24-40(36)44-38/h3-24H,1-2H2/b11-4-. The summed E-state index contributed by atoms with van der Waals surface area (Å²) in [5.41, 5.74) is 8.02. The molecule has 0 bridgehead atoms. The highest BCUT2D eigenvalue weighted by Crippen LogP contribution is 2.44. The molecule has 7 aromatic carbocycles. The molecule has 0 unspecified atom stereocenters. The lowest BCUT2D eigenvalue weighted by atomic mass is 9.86. The van der Waals surface area contributed by atoms with E-state index < -0.39 is 0 Å². The molecule has 0 amide bonds. The zero-order valence-corrected chi connectivity index (χ0v) is 23.9. The summed E-state index contributed by atoms with van der Waals surface area (Å²) in [5.74, 6) is 0. The van der Waals surface area contributed by atoms with Gasteiger partial charge in [0, 0.05) is 21.5 Å². The topological polar surface area (TPSA) is 26.3 Å². The van der Waals surface area contributed by atoms with Crippen LogP contribution >= 0.6 is 0 Å². The SMILES string of the molecule is C=C/C=C\C(=C)c1c2ccccc2c(-c2ccc3oc4cc5cc6oc7ccccc7c6cc5cc4c3c2)c2ccccc12. The van der Waals surface area contributed by atoms with E-state index in [-0.39, 0.29) is 0 Å². The van der Waals surface area contributed by atoms with Crippen LogP contribution in [0, 0.1) is 0 Å². The summed E-state index contributed by atoms with van der Waals surface area (Å²) in [6, 6.07) is 40.8. The monoisotopic (exact) mass is 562 g/mol. The first-order valence-corrected chi connectivity index (χ1v) is 14.8. The smallest absolute Gasteiger partial charge is 0.136 e. The van der Waals surface area contributed by atoms with Crippen molar-refractivity contribution in [2.24, 2.45) is 0 Å². The van der Waals surface area contributed by atoms with Gasteiger partial charge in [-0.2, -0.15) is 0 Å². The van der Waals surface area contributed by atoms with Crippen molar-refractivity contribution in [1.82, 2.24) is 0 Å². The molecule has 0 atom stereocenters. The number of fused-ring (bicyclic) bond motifs is 9.